The maximum absolute atomic E-state index is 11.2. The van der Waals surface area contributed by atoms with Gasteiger partial charge in [0.1, 0.15) is 5.75 Å². The number of fused-ring (bicyclic) bond motifs is 1. The Labute approximate surface area is 127 Å². The molecule has 1 aromatic heterocycles. The van der Waals surface area contributed by atoms with E-state index in [1.54, 1.807) is 19.2 Å². The highest BCUT2D eigenvalue weighted by Crippen LogP contribution is 2.33. The Kier molecular flexibility index (Phi) is 3.79. The molecule has 0 aliphatic rings. The van der Waals surface area contributed by atoms with E-state index in [4.69, 9.17) is 14.5 Å². The van der Waals surface area contributed by atoms with Gasteiger partial charge in [-0.15, -0.1) is 0 Å². The molecule has 0 spiro atoms. The van der Waals surface area contributed by atoms with E-state index >= 15 is 0 Å². The standard InChI is InChI=1S/C16H16NO4P/c1-21-16-4-2-3-15-14(16)9-10-17(15)11-12-5-7-13(8-6-12)22(18,19)20/h2-10H,11H2,1H3,(H2,18,19,20). The van der Waals surface area contributed by atoms with Crippen LogP contribution in [-0.4, -0.2) is 21.5 Å². The molecule has 0 saturated heterocycles. The van der Waals surface area contributed by atoms with Gasteiger partial charge in [0.25, 0.3) is 0 Å². The van der Waals surface area contributed by atoms with Crippen LogP contribution in [0, 0.1) is 0 Å². The summed E-state index contributed by atoms with van der Waals surface area (Å²) in [5.41, 5.74) is 2.02. The average molecular weight is 317 g/mol. The number of hydrogen-bond acceptors (Lipinski definition) is 2. The fraction of sp³-hybridized carbons (Fsp3) is 0.125. The summed E-state index contributed by atoms with van der Waals surface area (Å²) in [5.74, 6) is 0.827. The zero-order valence-electron chi connectivity index (χ0n) is 12.0. The summed E-state index contributed by atoms with van der Waals surface area (Å²) < 4.78 is 18.6. The van der Waals surface area contributed by atoms with Crippen LogP contribution >= 0.6 is 7.60 Å². The summed E-state index contributed by atoms with van der Waals surface area (Å²) in [6.45, 7) is 0.623. The highest BCUT2D eigenvalue weighted by Gasteiger charge is 2.16. The predicted molar refractivity (Wildman–Crippen MR) is 85.7 cm³/mol. The molecule has 0 aliphatic heterocycles. The molecule has 0 saturated carbocycles. The minimum absolute atomic E-state index is 0.0373. The van der Waals surface area contributed by atoms with Gasteiger partial charge in [-0.05, 0) is 35.9 Å². The molecule has 5 nitrogen and oxygen atoms in total. The quantitative estimate of drug-likeness (QED) is 0.725. The smallest absolute Gasteiger partial charge is 0.356 e. The Morgan fingerprint density at radius 3 is 2.45 bits per heavy atom. The molecule has 114 valence electrons. The van der Waals surface area contributed by atoms with E-state index in [0.29, 0.717) is 6.54 Å². The fourth-order valence-electron chi connectivity index (χ4n) is 2.50. The molecular weight excluding hydrogens is 301 g/mol. The lowest BCUT2D eigenvalue weighted by atomic mass is 10.2. The molecular formula is C16H16NO4P. The number of nitrogens with zero attached hydrogens (tertiary/aromatic N) is 1. The van der Waals surface area contributed by atoms with E-state index < -0.39 is 7.60 Å². The molecule has 0 unspecified atom stereocenters. The first-order chi connectivity index (χ1) is 10.5. The lowest BCUT2D eigenvalue weighted by molar-refractivity contribution is 0.387. The van der Waals surface area contributed by atoms with E-state index in [1.165, 1.54) is 12.1 Å². The molecule has 1 heterocycles. The van der Waals surface area contributed by atoms with Crippen molar-refractivity contribution in [3.8, 4) is 5.75 Å². The number of benzene rings is 2. The molecule has 2 N–H and O–H groups in total. The first kappa shape index (κ1) is 14.9. The SMILES string of the molecule is COc1cccc2c1ccn2Cc1ccc(P(=O)(O)O)cc1. The van der Waals surface area contributed by atoms with Gasteiger partial charge in [0.05, 0.1) is 17.9 Å². The molecule has 22 heavy (non-hydrogen) atoms. The van der Waals surface area contributed by atoms with Crippen LogP contribution in [0.5, 0.6) is 5.75 Å². The first-order valence-electron chi connectivity index (χ1n) is 6.76. The number of hydrogen-bond donors (Lipinski definition) is 2. The second-order valence-electron chi connectivity index (χ2n) is 5.05. The zero-order valence-corrected chi connectivity index (χ0v) is 12.9. The van der Waals surface area contributed by atoms with Crippen molar-refractivity contribution in [1.82, 2.24) is 4.57 Å². The van der Waals surface area contributed by atoms with Crippen molar-refractivity contribution < 1.29 is 19.1 Å². The van der Waals surface area contributed by atoms with Crippen LogP contribution in [0.4, 0.5) is 0 Å². The second-order valence-corrected chi connectivity index (χ2v) is 6.65. The van der Waals surface area contributed by atoms with Gasteiger partial charge in [0.15, 0.2) is 0 Å². The van der Waals surface area contributed by atoms with Gasteiger partial charge in [0.2, 0.25) is 0 Å². The van der Waals surface area contributed by atoms with Crippen molar-refractivity contribution in [3.63, 3.8) is 0 Å². The third kappa shape index (κ3) is 2.79. The number of ether oxygens (including phenoxy) is 1. The maximum atomic E-state index is 11.2. The van der Waals surface area contributed by atoms with Crippen molar-refractivity contribution in [2.24, 2.45) is 0 Å². The van der Waals surface area contributed by atoms with Gasteiger partial charge in [-0.1, -0.05) is 18.2 Å². The Morgan fingerprint density at radius 2 is 1.82 bits per heavy atom. The van der Waals surface area contributed by atoms with Crippen LogP contribution in [0.2, 0.25) is 0 Å². The minimum Gasteiger partial charge on any atom is -0.496 e. The molecule has 0 radical (unpaired) electrons. The minimum atomic E-state index is -4.18. The van der Waals surface area contributed by atoms with Crippen LogP contribution in [-0.2, 0) is 11.1 Å². The van der Waals surface area contributed by atoms with Gasteiger partial charge in [-0.2, -0.15) is 0 Å². The van der Waals surface area contributed by atoms with Gasteiger partial charge in [0, 0.05) is 18.1 Å². The monoisotopic (exact) mass is 317 g/mol. The van der Waals surface area contributed by atoms with Crippen LogP contribution in [0.3, 0.4) is 0 Å². The van der Waals surface area contributed by atoms with Crippen molar-refractivity contribution >= 4 is 23.8 Å². The van der Waals surface area contributed by atoms with E-state index in [2.05, 4.69) is 4.57 Å². The van der Waals surface area contributed by atoms with E-state index in [-0.39, 0.29) is 5.30 Å². The molecule has 0 bridgehead atoms. The van der Waals surface area contributed by atoms with Crippen molar-refractivity contribution in [1.29, 1.82) is 0 Å². The predicted octanol–water partition coefficient (Wildman–Crippen LogP) is 2.50. The Morgan fingerprint density at radius 1 is 1.09 bits per heavy atom. The number of aromatic nitrogens is 1. The third-order valence-electron chi connectivity index (χ3n) is 3.62. The maximum Gasteiger partial charge on any atom is 0.356 e. The lowest BCUT2D eigenvalue weighted by Gasteiger charge is -2.09. The Balaban J connectivity index is 1.92. The Hall–Kier alpha value is -2.07. The molecule has 6 heteroatoms. The summed E-state index contributed by atoms with van der Waals surface area (Å²) in [5, 5.41) is 1.08. The Bertz CT molecular complexity index is 848. The molecule has 0 fully saturated rings. The number of methoxy groups -OCH3 is 1. The molecule has 2 aromatic carbocycles. The summed E-state index contributed by atoms with van der Waals surface area (Å²) in [4.78, 5) is 18.3. The van der Waals surface area contributed by atoms with Gasteiger partial charge in [-0.3, -0.25) is 4.57 Å². The molecule has 0 amide bonds. The van der Waals surface area contributed by atoms with Crippen molar-refractivity contribution in [2.45, 2.75) is 6.54 Å². The van der Waals surface area contributed by atoms with Gasteiger partial charge >= 0.3 is 7.60 Å². The molecule has 3 aromatic rings. The molecule has 0 aliphatic carbocycles. The van der Waals surface area contributed by atoms with E-state index in [9.17, 15) is 4.57 Å². The normalized spacial score (nSPS) is 11.8. The van der Waals surface area contributed by atoms with E-state index in [1.807, 2.05) is 30.5 Å². The summed E-state index contributed by atoms with van der Waals surface area (Å²) >= 11 is 0. The number of rotatable bonds is 4. The molecule has 3 rings (SSSR count). The summed E-state index contributed by atoms with van der Waals surface area (Å²) in [6.07, 6.45) is 1.98. The van der Waals surface area contributed by atoms with Gasteiger partial charge < -0.3 is 19.1 Å². The summed E-state index contributed by atoms with van der Waals surface area (Å²) in [7, 11) is -2.54. The first-order valence-corrected chi connectivity index (χ1v) is 8.37. The van der Waals surface area contributed by atoms with Crippen molar-refractivity contribution in [3.05, 3.63) is 60.3 Å². The van der Waals surface area contributed by atoms with Gasteiger partial charge in [-0.25, -0.2) is 0 Å². The van der Waals surface area contributed by atoms with Crippen LogP contribution in [0.1, 0.15) is 5.56 Å². The fourth-order valence-corrected chi connectivity index (χ4v) is 3.04. The van der Waals surface area contributed by atoms with Crippen LogP contribution in [0.15, 0.2) is 54.7 Å². The topological polar surface area (TPSA) is 71.7 Å². The highest BCUT2D eigenvalue weighted by atomic mass is 31.2. The van der Waals surface area contributed by atoms with Crippen LogP contribution < -0.4 is 10.0 Å². The van der Waals surface area contributed by atoms with Crippen molar-refractivity contribution in [2.75, 3.05) is 7.11 Å². The van der Waals surface area contributed by atoms with Crippen LogP contribution in [0.25, 0.3) is 10.9 Å². The van der Waals surface area contributed by atoms with E-state index in [0.717, 1.165) is 22.2 Å². The lowest BCUT2D eigenvalue weighted by Crippen LogP contribution is -2.05. The largest absolute Gasteiger partial charge is 0.496 e. The molecule has 0 atom stereocenters. The average Bonchev–Trinajstić information content (AvgIpc) is 2.90. The second kappa shape index (κ2) is 5.61. The zero-order chi connectivity index (χ0) is 15.7. The summed E-state index contributed by atoms with van der Waals surface area (Å²) in [6, 6.07) is 14.3. The highest BCUT2D eigenvalue weighted by molar-refractivity contribution is 7.60. The third-order valence-corrected chi connectivity index (χ3v) is 4.59.